The third-order valence-corrected chi connectivity index (χ3v) is 4.55. The van der Waals surface area contributed by atoms with Gasteiger partial charge in [-0.05, 0) is 37.6 Å². The number of anilines is 1. The molecule has 28 heavy (non-hydrogen) atoms. The van der Waals surface area contributed by atoms with E-state index in [9.17, 15) is 13.6 Å². The number of amides is 1. The fraction of sp³-hybridized carbons (Fsp3) is 0.300. The summed E-state index contributed by atoms with van der Waals surface area (Å²) in [5.74, 6) is -2.43. The second-order valence-corrected chi connectivity index (χ2v) is 6.63. The van der Waals surface area contributed by atoms with Crippen molar-refractivity contribution >= 4 is 22.6 Å². The van der Waals surface area contributed by atoms with Gasteiger partial charge in [-0.3, -0.25) is 4.79 Å². The number of nitrogens with zero attached hydrogens (tertiary/aromatic N) is 2. The molecule has 3 rings (SSSR count). The molecule has 1 amide bonds. The van der Waals surface area contributed by atoms with Gasteiger partial charge in [-0.2, -0.15) is 0 Å². The zero-order valence-electron chi connectivity index (χ0n) is 15.6. The Kier molecular flexibility index (Phi) is 5.58. The Hall–Kier alpha value is -3.03. The van der Waals surface area contributed by atoms with Gasteiger partial charge in [0.2, 0.25) is 5.91 Å². The number of primary amides is 1. The van der Waals surface area contributed by atoms with Gasteiger partial charge in [-0.1, -0.05) is 13.3 Å². The highest BCUT2D eigenvalue weighted by Gasteiger charge is 2.23. The van der Waals surface area contributed by atoms with Gasteiger partial charge in [0.1, 0.15) is 28.9 Å². The van der Waals surface area contributed by atoms with Crippen molar-refractivity contribution in [2.75, 3.05) is 5.32 Å². The van der Waals surface area contributed by atoms with E-state index in [-0.39, 0.29) is 11.0 Å². The van der Waals surface area contributed by atoms with Gasteiger partial charge in [-0.15, -0.1) is 0 Å². The van der Waals surface area contributed by atoms with E-state index in [0.29, 0.717) is 17.9 Å². The first-order valence-electron chi connectivity index (χ1n) is 9.03. The Bertz CT molecular complexity index is 1010. The lowest BCUT2D eigenvalue weighted by Gasteiger charge is -2.15. The predicted octanol–water partition coefficient (Wildman–Crippen LogP) is 4.21. The molecule has 5 nitrogen and oxygen atoms in total. The molecule has 0 aliphatic carbocycles. The van der Waals surface area contributed by atoms with Gasteiger partial charge in [-0.25, -0.2) is 18.2 Å². The van der Waals surface area contributed by atoms with Crippen LogP contribution in [0, 0.1) is 17.5 Å². The highest BCUT2D eigenvalue weighted by molar-refractivity contribution is 5.87. The van der Waals surface area contributed by atoms with Gasteiger partial charge in [0.15, 0.2) is 11.6 Å². The summed E-state index contributed by atoms with van der Waals surface area (Å²) in [5, 5.41) is 2.49. The molecule has 3 N–H and O–H groups in total. The number of imidazole rings is 1. The fourth-order valence-corrected chi connectivity index (χ4v) is 2.99. The SMILES string of the molecule is CCCCn1c(-c2ccc(F)cc2)nc2cc(F)c(N[C@@H](C)C(N)=O)c(F)c21. The molecule has 148 valence electrons. The Balaban J connectivity index is 2.21. The van der Waals surface area contributed by atoms with Gasteiger partial charge in [0, 0.05) is 18.2 Å². The number of unbranched alkanes of at least 4 members (excludes halogenated alkanes) is 1. The number of aromatic nitrogens is 2. The maximum atomic E-state index is 15.3. The fourth-order valence-electron chi connectivity index (χ4n) is 2.99. The molecule has 0 spiro atoms. The van der Waals surface area contributed by atoms with Crippen LogP contribution in [0.4, 0.5) is 18.9 Å². The monoisotopic (exact) mass is 390 g/mol. The second kappa shape index (κ2) is 7.92. The topological polar surface area (TPSA) is 72.9 Å². The summed E-state index contributed by atoms with van der Waals surface area (Å²) in [6.07, 6.45) is 1.60. The van der Waals surface area contributed by atoms with Crippen molar-refractivity contribution in [2.45, 2.75) is 39.3 Å². The summed E-state index contributed by atoms with van der Waals surface area (Å²) < 4.78 is 44.7. The first-order chi connectivity index (χ1) is 13.3. The van der Waals surface area contributed by atoms with Crippen LogP contribution in [0.25, 0.3) is 22.4 Å². The number of carbonyl (C=O) groups is 1. The molecule has 0 radical (unpaired) electrons. The maximum Gasteiger partial charge on any atom is 0.239 e. The van der Waals surface area contributed by atoms with Crippen molar-refractivity contribution in [1.29, 1.82) is 0 Å². The summed E-state index contributed by atoms with van der Waals surface area (Å²) in [5.41, 5.74) is 5.61. The number of halogens is 3. The minimum Gasteiger partial charge on any atom is -0.369 e. The zero-order chi connectivity index (χ0) is 20.4. The molecule has 1 atom stereocenters. The molecule has 1 aromatic heterocycles. The Labute approximate surface area is 160 Å². The van der Waals surface area contributed by atoms with Crippen LogP contribution in [0.1, 0.15) is 26.7 Å². The molecule has 0 saturated carbocycles. The quantitative estimate of drug-likeness (QED) is 0.635. The molecule has 1 heterocycles. The Morgan fingerprint density at radius 3 is 2.54 bits per heavy atom. The van der Waals surface area contributed by atoms with E-state index in [0.717, 1.165) is 18.9 Å². The average Bonchev–Trinajstić information content (AvgIpc) is 3.01. The first kappa shape index (κ1) is 19.7. The summed E-state index contributed by atoms with van der Waals surface area (Å²) in [4.78, 5) is 15.7. The van der Waals surface area contributed by atoms with Crippen molar-refractivity contribution in [2.24, 2.45) is 5.73 Å². The van der Waals surface area contributed by atoms with Crippen LogP contribution in [-0.4, -0.2) is 21.5 Å². The lowest BCUT2D eigenvalue weighted by molar-refractivity contribution is -0.118. The Morgan fingerprint density at radius 2 is 1.93 bits per heavy atom. The van der Waals surface area contributed by atoms with Gasteiger partial charge < -0.3 is 15.6 Å². The molecule has 0 aliphatic heterocycles. The molecule has 0 bridgehead atoms. The lowest BCUT2D eigenvalue weighted by atomic mass is 10.2. The lowest BCUT2D eigenvalue weighted by Crippen LogP contribution is -2.33. The van der Waals surface area contributed by atoms with Gasteiger partial charge in [0.05, 0.1) is 5.52 Å². The van der Waals surface area contributed by atoms with E-state index in [1.807, 2.05) is 6.92 Å². The van der Waals surface area contributed by atoms with E-state index >= 15 is 4.39 Å². The van der Waals surface area contributed by atoms with Crippen LogP contribution in [0.3, 0.4) is 0 Å². The summed E-state index contributed by atoms with van der Waals surface area (Å²) in [7, 11) is 0. The standard InChI is InChI=1S/C20H21F3N4O/c1-3-4-9-27-18-15(26-20(27)12-5-7-13(21)8-6-12)10-14(22)17(16(18)23)25-11(2)19(24)28/h5-8,10-11,25H,3-4,9H2,1-2H3,(H2,24,28)/t11-/m0/s1. The van der Waals surface area contributed by atoms with E-state index in [1.54, 1.807) is 16.7 Å². The number of fused-ring (bicyclic) bond motifs is 1. The van der Waals surface area contributed by atoms with Crippen molar-refractivity contribution in [3.05, 3.63) is 47.8 Å². The minimum absolute atomic E-state index is 0.119. The van der Waals surface area contributed by atoms with Crippen molar-refractivity contribution in [1.82, 2.24) is 9.55 Å². The minimum atomic E-state index is -0.954. The maximum absolute atomic E-state index is 15.3. The van der Waals surface area contributed by atoms with Crippen LogP contribution in [0.2, 0.25) is 0 Å². The van der Waals surface area contributed by atoms with E-state index < -0.39 is 35.1 Å². The highest BCUT2D eigenvalue weighted by Crippen LogP contribution is 2.32. The molecule has 0 unspecified atom stereocenters. The molecule has 8 heteroatoms. The number of rotatable bonds is 7. The molecule has 3 aromatic rings. The van der Waals surface area contributed by atoms with Crippen molar-refractivity contribution < 1.29 is 18.0 Å². The summed E-state index contributed by atoms with van der Waals surface area (Å²) in [6, 6.07) is 5.83. The van der Waals surface area contributed by atoms with Crippen LogP contribution in [-0.2, 0) is 11.3 Å². The van der Waals surface area contributed by atoms with Gasteiger partial charge in [0.25, 0.3) is 0 Å². The van der Waals surface area contributed by atoms with Crippen molar-refractivity contribution in [3.8, 4) is 11.4 Å². The molecule has 0 aliphatic rings. The van der Waals surface area contributed by atoms with Crippen LogP contribution in [0.5, 0.6) is 0 Å². The smallest absolute Gasteiger partial charge is 0.239 e. The van der Waals surface area contributed by atoms with E-state index in [1.165, 1.54) is 19.1 Å². The Morgan fingerprint density at radius 1 is 1.25 bits per heavy atom. The van der Waals surface area contributed by atoms with E-state index in [2.05, 4.69) is 10.3 Å². The average molecular weight is 390 g/mol. The number of hydrogen-bond acceptors (Lipinski definition) is 3. The van der Waals surface area contributed by atoms with E-state index in [4.69, 9.17) is 5.73 Å². The van der Waals surface area contributed by atoms with Gasteiger partial charge >= 0.3 is 0 Å². The number of aryl methyl sites for hydroxylation is 1. The predicted molar refractivity (Wildman–Crippen MR) is 102 cm³/mol. The first-order valence-corrected chi connectivity index (χ1v) is 9.03. The highest BCUT2D eigenvalue weighted by atomic mass is 19.1. The number of nitrogens with two attached hydrogens (primary N) is 1. The van der Waals surface area contributed by atoms with Crippen LogP contribution >= 0.6 is 0 Å². The van der Waals surface area contributed by atoms with Crippen molar-refractivity contribution in [3.63, 3.8) is 0 Å². The largest absolute Gasteiger partial charge is 0.369 e. The summed E-state index contributed by atoms with van der Waals surface area (Å²) >= 11 is 0. The van der Waals surface area contributed by atoms with Crippen LogP contribution in [0.15, 0.2) is 30.3 Å². The third kappa shape index (κ3) is 3.67. The number of nitrogens with one attached hydrogen (secondary N) is 1. The second-order valence-electron chi connectivity index (χ2n) is 6.63. The third-order valence-electron chi connectivity index (χ3n) is 4.55. The number of carbonyl (C=O) groups excluding carboxylic acids is 1. The van der Waals surface area contributed by atoms with Crippen LogP contribution < -0.4 is 11.1 Å². The molecular formula is C20H21F3N4O. The normalized spacial score (nSPS) is 12.3. The summed E-state index contributed by atoms with van der Waals surface area (Å²) in [6.45, 7) is 3.87. The molecular weight excluding hydrogens is 369 g/mol. The number of hydrogen-bond donors (Lipinski definition) is 2. The molecule has 0 saturated heterocycles. The molecule has 0 fully saturated rings. The zero-order valence-corrected chi connectivity index (χ0v) is 15.6. The molecule has 2 aromatic carbocycles. The number of benzene rings is 2.